The van der Waals surface area contributed by atoms with Crippen LogP contribution in [0, 0.1) is 10.1 Å². The van der Waals surface area contributed by atoms with Gasteiger partial charge in [0.25, 0.3) is 5.91 Å². The fourth-order valence-corrected chi connectivity index (χ4v) is 2.99. The number of aromatic hydroxyl groups is 2. The Balaban J connectivity index is 2.20. The fourth-order valence-electron chi connectivity index (χ4n) is 1.76. The number of carbonyl (C=O) groups excluding carboxylic acids is 1. The van der Waals surface area contributed by atoms with Crippen LogP contribution in [0.1, 0.15) is 15.9 Å². The van der Waals surface area contributed by atoms with Crippen molar-refractivity contribution in [1.29, 1.82) is 0 Å². The van der Waals surface area contributed by atoms with Crippen LogP contribution < -0.4 is 5.43 Å². The van der Waals surface area contributed by atoms with E-state index in [1.807, 2.05) is 0 Å². The Morgan fingerprint density at radius 3 is 2.62 bits per heavy atom. The molecule has 0 fully saturated rings. The van der Waals surface area contributed by atoms with Gasteiger partial charge in [0.1, 0.15) is 5.75 Å². The van der Waals surface area contributed by atoms with E-state index in [0.717, 1.165) is 12.3 Å². The maximum atomic E-state index is 12.0. The number of nitro groups is 1. The molecule has 0 atom stereocenters. The summed E-state index contributed by atoms with van der Waals surface area (Å²) in [6, 6.07) is 6.87. The number of hydrazone groups is 1. The molecule has 0 unspecified atom stereocenters. The number of halogens is 2. The quantitative estimate of drug-likeness (QED) is 0.368. The van der Waals surface area contributed by atoms with E-state index < -0.39 is 22.3 Å². The van der Waals surface area contributed by atoms with Gasteiger partial charge >= 0.3 is 5.69 Å². The van der Waals surface area contributed by atoms with Gasteiger partial charge in [-0.2, -0.15) is 5.10 Å². The first-order valence-corrected chi connectivity index (χ1v) is 7.87. The largest absolute Gasteiger partial charge is 0.506 e. The van der Waals surface area contributed by atoms with Crippen molar-refractivity contribution in [2.24, 2.45) is 5.10 Å². The second kappa shape index (κ2) is 7.41. The van der Waals surface area contributed by atoms with E-state index in [2.05, 4.69) is 42.4 Å². The predicted octanol–water partition coefficient (Wildman–Crippen LogP) is 3.29. The van der Waals surface area contributed by atoms with Gasteiger partial charge in [-0.3, -0.25) is 14.9 Å². The van der Waals surface area contributed by atoms with Crippen molar-refractivity contribution in [3.05, 3.63) is 60.5 Å². The zero-order valence-corrected chi connectivity index (χ0v) is 14.9. The summed E-state index contributed by atoms with van der Waals surface area (Å²) in [7, 11) is 0. The van der Waals surface area contributed by atoms with E-state index in [1.54, 1.807) is 6.07 Å². The molecule has 1 amide bonds. The average Bonchev–Trinajstić information content (AvgIpc) is 2.52. The Kier molecular flexibility index (Phi) is 5.52. The van der Waals surface area contributed by atoms with E-state index in [1.165, 1.54) is 18.2 Å². The van der Waals surface area contributed by atoms with Crippen LogP contribution in [0.3, 0.4) is 0 Å². The molecule has 0 radical (unpaired) electrons. The van der Waals surface area contributed by atoms with Gasteiger partial charge in [0.2, 0.25) is 5.75 Å². The lowest BCUT2D eigenvalue weighted by molar-refractivity contribution is -0.385. The second-order valence-corrected chi connectivity index (χ2v) is 6.23. The number of phenols is 2. The zero-order valence-electron chi connectivity index (χ0n) is 11.7. The van der Waals surface area contributed by atoms with Gasteiger partial charge < -0.3 is 10.2 Å². The Bertz CT molecular complexity index is 855. The minimum atomic E-state index is -0.734. The number of nitro benzene ring substituents is 1. The first kappa shape index (κ1) is 17.9. The van der Waals surface area contributed by atoms with Crippen molar-refractivity contribution in [1.82, 2.24) is 5.43 Å². The van der Waals surface area contributed by atoms with Gasteiger partial charge in [-0.05, 0) is 34.1 Å². The van der Waals surface area contributed by atoms with Crippen molar-refractivity contribution in [3.63, 3.8) is 0 Å². The Labute approximate surface area is 152 Å². The predicted molar refractivity (Wildman–Crippen MR) is 93.3 cm³/mol. The Morgan fingerprint density at radius 1 is 1.25 bits per heavy atom. The average molecular weight is 459 g/mol. The first-order valence-electron chi connectivity index (χ1n) is 6.29. The third-order valence-corrected chi connectivity index (χ3v) is 3.95. The molecule has 0 aliphatic carbocycles. The molecule has 0 aliphatic heterocycles. The van der Waals surface area contributed by atoms with E-state index in [9.17, 15) is 25.1 Å². The number of para-hydroxylation sites is 1. The molecule has 2 rings (SSSR count). The molecular formula is C14H9Br2N3O5. The molecule has 2 aromatic rings. The minimum absolute atomic E-state index is 0.0309. The molecule has 2 aromatic carbocycles. The van der Waals surface area contributed by atoms with E-state index in [0.29, 0.717) is 8.95 Å². The standard InChI is InChI=1S/C14H9Br2N3O5/c15-8-4-9(13(21)10(16)5-8)14(22)18-17-6-7-2-1-3-11(12(7)20)19(23)24/h1-6,20-21H,(H,18,22)/b17-6-. The van der Waals surface area contributed by atoms with Crippen molar-refractivity contribution in [3.8, 4) is 11.5 Å². The molecule has 0 bridgehead atoms. The summed E-state index contributed by atoms with van der Waals surface area (Å²) in [5.41, 5.74) is 1.72. The highest BCUT2D eigenvalue weighted by Gasteiger charge is 2.16. The van der Waals surface area contributed by atoms with Crippen molar-refractivity contribution in [2.75, 3.05) is 0 Å². The number of hydrogen-bond donors (Lipinski definition) is 3. The van der Waals surface area contributed by atoms with Crippen LogP contribution in [0.2, 0.25) is 0 Å². The van der Waals surface area contributed by atoms with Gasteiger partial charge in [-0.1, -0.05) is 22.0 Å². The summed E-state index contributed by atoms with van der Waals surface area (Å²) < 4.78 is 0.889. The van der Waals surface area contributed by atoms with Crippen molar-refractivity contribution < 1.29 is 19.9 Å². The molecular weight excluding hydrogens is 450 g/mol. The van der Waals surface area contributed by atoms with Crippen LogP contribution in [0.5, 0.6) is 11.5 Å². The molecule has 3 N–H and O–H groups in total. The highest BCUT2D eigenvalue weighted by molar-refractivity contribution is 9.11. The smallest absolute Gasteiger partial charge is 0.311 e. The number of nitrogens with zero attached hydrogens (tertiary/aromatic N) is 2. The lowest BCUT2D eigenvalue weighted by Gasteiger charge is -2.06. The second-order valence-electron chi connectivity index (χ2n) is 4.45. The zero-order chi connectivity index (χ0) is 17.9. The highest BCUT2D eigenvalue weighted by atomic mass is 79.9. The number of phenolic OH excluding ortho intramolecular Hbond substituents is 2. The molecule has 0 spiro atoms. The van der Waals surface area contributed by atoms with Crippen molar-refractivity contribution >= 4 is 49.7 Å². The number of benzene rings is 2. The number of amides is 1. The van der Waals surface area contributed by atoms with Crippen LogP contribution in [0.15, 0.2) is 44.4 Å². The molecule has 10 heteroatoms. The number of nitrogens with one attached hydrogen (secondary N) is 1. The molecule has 24 heavy (non-hydrogen) atoms. The summed E-state index contributed by atoms with van der Waals surface area (Å²) in [5.74, 6) is -1.52. The minimum Gasteiger partial charge on any atom is -0.506 e. The summed E-state index contributed by atoms with van der Waals surface area (Å²) in [4.78, 5) is 22.0. The molecule has 0 saturated carbocycles. The molecule has 0 saturated heterocycles. The highest BCUT2D eigenvalue weighted by Crippen LogP contribution is 2.31. The van der Waals surface area contributed by atoms with Crippen LogP contribution >= 0.6 is 31.9 Å². The number of carbonyl (C=O) groups is 1. The van der Waals surface area contributed by atoms with Gasteiger partial charge in [0.05, 0.1) is 21.2 Å². The Morgan fingerprint density at radius 2 is 1.96 bits per heavy atom. The van der Waals surface area contributed by atoms with Gasteiger partial charge in [-0.15, -0.1) is 0 Å². The molecule has 124 valence electrons. The summed E-state index contributed by atoms with van der Waals surface area (Å²) in [6.45, 7) is 0. The molecule has 0 aliphatic rings. The first-order chi connectivity index (χ1) is 11.3. The van der Waals surface area contributed by atoms with Gasteiger partial charge in [0.15, 0.2) is 0 Å². The molecule has 0 aromatic heterocycles. The number of rotatable bonds is 4. The van der Waals surface area contributed by atoms with Crippen molar-refractivity contribution in [2.45, 2.75) is 0 Å². The molecule has 8 nitrogen and oxygen atoms in total. The summed E-state index contributed by atoms with van der Waals surface area (Å²) in [6.07, 6.45) is 1.06. The fraction of sp³-hybridized carbons (Fsp3) is 0. The third-order valence-electron chi connectivity index (χ3n) is 2.89. The van der Waals surface area contributed by atoms with Gasteiger partial charge in [0, 0.05) is 16.1 Å². The van der Waals surface area contributed by atoms with E-state index in [4.69, 9.17) is 0 Å². The topological polar surface area (TPSA) is 125 Å². The Hall–Kier alpha value is -2.46. The van der Waals surface area contributed by atoms with Crippen LogP contribution in [0.25, 0.3) is 0 Å². The normalized spacial score (nSPS) is 10.8. The third kappa shape index (κ3) is 3.89. The lowest BCUT2D eigenvalue weighted by atomic mass is 10.2. The monoisotopic (exact) mass is 457 g/mol. The van der Waals surface area contributed by atoms with Crippen LogP contribution in [-0.4, -0.2) is 27.3 Å². The van der Waals surface area contributed by atoms with Gasteiger partial charge in [-0.25, -0.2) is 5.43 Å². The maximum Gasteiger partial charge on any atom is 0.311 e. The number of hydrogen-bond acceptors (Lipinski definition) is 6. The van der Waals surface area contributed by atoms with Crippen LogP contribution in [-0.2, 0) is 0 Å². The maximum absolute atomic E-state index is 12.0. The van der Waals surface area contributed by atoms with E-state index in [-0.39, 0.29) is 16.9 Å². The summed E-state index contributed by atoms with van der Waals surface area (Å²) in [5, 5.41) is 34.0. The summed E-state index contributed by atoms with van der Waals surface area (Å²) >= 11 is 6.30. The molecule has 0 heterocycles. The SMILES string of the molecule is O=C(N/N=C\c1cccc([N+](=O)[O-])c1O)c1cc(Br)cc(Br)c1O. The van der Waals surface area contributed by atoms with Crippen LogP contribution in [0.4, 0.5) is 5.69 Å². The lowest BCUT2D eigenvalue weighted by Crippen LogP contribution is -2.18. The van der Waals surface area contributed by atoms with E-state index >= 15 is 0 Å².